The minimum absolute atomic E-state index is 0.00662. The molecule has 1 N–H and O–H groups in total. The molecule has 0 saturated carbocycles. The van der Waals surface area contributed by atoms with Crippen molar-refractivity contribution in [2.45, 2.75) is 83.1 Å². The highest BCUT2D eigenvalue weighted by molar-refractivity contribution is 6.74. The maximum atomic E-state index is 11.4. The van der Waals surface area contributed by atoms with Crippen molar-refractivity contribution in [1.82, 2.24) is 4.98 Å². The average Bonchev–Trinajstić information content (AvgIpc) is 2.50. The number of rotatable bonds is 4. The van der Waals surface area contributed by atoms with E-state index in [0.29, 0.717) is 12.0 Å². The zero-order valence-corrected chi connectivity index (χ0v) is 17.6. The third-order valence-electron chi connectivity index (χ3n) is 5.59. The molecule has 0 aliphatic carbocycles. The van der Waals surface area contributed by atoms with E-state index >= 15 is 0 Å². The van der Waals surface area contributed by atoms with Gasteiger partial charge in [0, 0.05) is 12.6 Å². The maximum Gasteiger partial charge on any atom is 0.293 e. The quantitative estimate of drug-likeness (QED) is 0.481. The Labute approximate surface area is 156 Å². The molecule has 8 heteroatoms. The number of hydrogen-bond acceptors (Lipinski definition) is 6. The third kappa shape index (κ3) is 4.14. The van der Waals surface area contributed by atoms with E-state index in [1.54, 1.807) is 19.9 Å². The van der Waals surface area contributed by atoms with Crippen LogP contribution < -0.4 is 0 Å². The van der Waals surface area contributed by atoms with Gasteiger partial charge in [0.25, 0.3) is 5.69 Å². The lowest BCUT2D eigenvalue weighted by Crippen LogP contribution is -2.57. The van der Waals surface area contributed by atoms with Gasteiger partial charge in [-0.25, -0.2) is 0 Å². The van der Waals surface area contributed by atoms with Gasteiger partial charge in [-0.05, 0) is 38.0 Å². The van der Waals surface area contributed by atoms with Crippen LogP contribution in [-0.2, 0) is 9.16 Å². The molecule has 2 rings (SSSR count). The smallest absolute Gasteiger partial charge is 0.293 e. The number of aromatic nitrogens is 1. The maximum absolute atomic E-state index is 11.4. The first kappa shape index (κ1) is 21.0. The summed E-state index contributed by atoms with van der Waals surface area (Å²) in [6.07, 6.45) is 1.33. The third-order valence-corrected chi connectivity index (χ3v) is 10.1. The van der Waals surface area contributed by atoms with Crippen LogP contribution in [0.3, 0.4) is 0 Å². The van der Waals surface area contributed by atoms with Gasteiger partial charge in [0.1, 0.15) is 12.3 Å². The Hall–Kier alpha value is -1.35. The Bertz CT molecular complexity index is 672. The molecule has 1 aromatic rings. The lowest BCUT2D eigenvalue weighted by molar-refractivity contribution is -0.387. The van der Waals surface area contributed by atoms with E-state index in [4.69, 9.17) is 9.16 Å². The van der Waals surface area contributed by atoms with Crippen molar-refractivity contribution in [3.05, 3.63) is 34.1 Å². The number of nitrogens with zero attached hydrogens (tertiary/aromatic N) is 2. The molecular weight excluding hydrogens is 352 g/mol. The Kier molecular flexibility index (Phi) is 5.63. The van der Waals surface area contributed by atoms with Crippen LogP contribution in [0.2, 0.25) is 18.1 Å². The molecular formula is C18H30N2O5Si. The predicted octanol–water partition coefficient (Wildman–Crippen LogP) is 3.98. The van der Waals surface area contributed by atoms with Gasteiger partial charge >= 0.3 is 0 Å². The van der Waals surface area contributed by atoms with Crippen molar-refractivity contribution in [2.75, 3.05) is 0 Å². The molecule has 2 heterocycles. The predicted molar refractivity (Wildman–Crippen MR) is 101 cm³/mol. The average molecular weight is 383 g/mol. The van der Waals surface area contributed by atoms with Crippen molar-refractivity contribution >= 4 is 14.0 Å². The minimum Gasteiger partial charge on any atom is -0.411 e. The molecule has 26 heavy (non-hydrogen) atoms. The fourth-order valence-corrected chi connectivity index (χ4v) is 4.29. The standard InChI is InChI=1S/C18H30N2O5Si/c1-17(2,3)26(6,7)25-15-10-14(24-18(4,5)16(15)21)12-8-9-19-11-13(12)20(22)23/h8-9,11,14-16,21H,10H2,1-7H3. The summed E-state index contributed by atoms with van der Waals surface area (Å²) in [6, 6.07) is 1.61. The van der Waals surface area contributed by atoms with Gasteiger partial charge in [0.15, 0.2) is 8.32 Å². The minimum atomic E-state index is -2.12. The molecule has 0 amide bonds. The van der Waals surface area contributed by atoms with Crippen LogP contribution in [0.25, 0.3) is 0 Å². The molecule has 3 atom stereocenters. The summed E-state index contributed by atoms with van der Waals surface area (Å²) in [4.78, 5) is 14.8. The summed E-state index contributed by atoms with van der Waals surface area (Å²) in [5, 5.41) is 22.2. The monoisotopic (exact) mass is 382 g/mol. The number of aliphatic hydroxyl groups is 1. The molecule has 0 bridgehead atoms. The first-order valence-corrected chi connectivity index (χ1v) is 11.8. The van der Waals surface area contributed by atoms with Gasteiger partial charge in [0.05, 0.1) is 28.3 Å². The normalized spacial score (nSPS) is 26.5. The molecule has 146 valence electrons. The van der Waals surface area contributed by atoms with E-state index in [-0.39, 0.29) is 10.7 Å². The van der Waals surface area contributed by atoms with E-state index in [0.717, 1.165) is 0 Å². The Morgan fingerprint density at radius 2 is 2.04 bits per heavy atom. The molecule has 1 aliphatic heterocycles. The van der Waals surface area contributed by atoms with Gasteiger partial charge in [-0.1, -0.05) is 20.8 Å². The lowest BCUT2D eigenvalue weighted by Gasteiger charge is -2.48. The van der Waals surface area contributed by atoms with Crippen molar-refractivity contribution in [2.24, 2.45) is 0 Å². The fourth-order valence-electron chi connectivity index (χ4n) is 2.95. The van der Waals surface area contributed by atoms with Crippen molar-refractivity contribution in [3.8, 4) is 0 Å². The van der Waals surface area contributed by atoms with E-state index in [2.05, 4.69) is 38.8 Å². The highest BCUT2D eigenvalue weighted by Gasteiger charge is 2.49. The second-order valence-electron chi connectivity index (χ2n) is 9.00. The molecule has 3 unspecified atom stereocenters. The molecule has 0 spiro atoms. The van der Waals surface area contributed by atoms with Crippen molar-refractivity contribution in [3.63, 3.8) is 0 Å². The zero-order chi connectivity index (χ0) is 19.9. The van der Waals surface area contributed by atoms with Gasteiger partial charge < -0.3 is 14.3 Å². The van der Waals surface area contributed by atoms with E-state index in [1.807, 2.05) is 0 Å². The highest BCUT2D eigenvalue weighted by Crippen LogP contribution is 2.44. The van der Waals surface area contributed by atoms with Crippen molar-refractivity contribution < 1.29 is 19.2 Å². The molecule has 1 saturated heterocycles. The van der Waals surface area contributed by atoms with E-state index in [1.165, 1.54) is 12.4 Å². The summed E-state index contributed by atoms with van der Waals surface area (Å²) < 4.78 is 12.5. The van der Waals surface area contributed by atoms with Crippen LogP contribution in [0.1, 0.15) is 52.7 Å². The topological polar surface area (TPSA) is 94.7 Å². The second-order valence-corrected chi connectivity index (χ2v) is 13.8. The Morgan fingerprint density at radius 3 is 2.58 bits per heavy atom. The second kappa shape index (κ2) is 6.99. The van der Waals surface area contributed by atoms with Gasteiger partial charge in [-0.3, -0.25) is 15.1 Å². The molecule has 1 fully saturated rings. The molecule has 0 aromatic carbocycles. The van der Waals surface area contributed by atoms with Crippen LogP contribution in [0, 0.1) is 10.1 Å². The van der Waals surface area contributed by atoms with E-state index < -0.39 is 37.2 Å². The summed E-state index contributed by atoms with van der Waals surface area (Å²) in [7, 11) is -2.12. The van der Waals surface area contributed by atoms with Crippen LogP contribution in [0.5, 0.6) is 0 Å². The van der Waals surface area contributed by atoms with Crippen LogP contribution in [-0.4, -0.2) is 41.1 Å². The summed E-state index contributed by atoms with van der Waals surface area (Å²) in [5.74, 6) is 0. The molecule has 7 nitrogen and oxygen atoms in total. The fraction of sp³-hybridized carbons (Fsp3) is 0.722. The molecule has 0 radical (unpaired) electrons. The Morgan fingerprint density at radius 1 is 1.42 bits per heavy atom. The number of hydrogen-bond donors (Lipinski definition) is 1. The van der Waals surface area contributed by atoms with Gasteiger partial charge in [-0.2, -0.15) is 0 Å². The number of pyridine rings is 1. The number of aliphatic hydroxyl groups excluding tert-OH is 1. The van der Waals surface area contributed by atoms with Gasteiger partial charge in [0.2, 0.25) is 0 Å². The SMILES string of the molecule is CC1(C)OC(c2ccncc2[N+](=O)[O-])CC(O[Si](C)(C)C(C)(C)C)C1O. The molecule has 1 aromatic heterocycles. The summed E-state index contributed by atoms with van der Waals surface area (Å²) in [6.45, 7) is 14.3. The summed E-state index contributed by atoms with van der Waals surface area (Å²) >= 11 is 0. The van der Waals surface area contributed by atoms with Crippen LogP contribution in [0.15, 0.2) is 18.5 Å². The molecule has 1 aliphatic rings. The van der Waals surface area contributed by atoms with Crippen LogP contribution >= 0.6 is 0 Å². The summed E-state index contributed by atoms with van der Waals surface area (Å²) in [5.41, 5.74) is -0.489. The number of nitro groups is 1. The zero-order valence-electron chi connectivity index (χ0n) is 16.6. The first-order valence-electron chi connectivity index (χ1n) is 8.88. The Balaban J connectivity index is 2.37. The largest absolute Gasteiger partial charge is 0.411 e. The van der Waals surface area contributed by atoms with Crippen LogP contribution in [0.4, 0.5) is 5.69 Å². The number of ether oxygens (including phenoxy) is 1. The van der Waals surface area contributed by atoms with E-state index in [9.17, 15) is 15.2 Å². The first-order chi connectivity index (χ1) is 11.8. The highest BCUT2D eigenvalue weighted by atomic mass is 28.4. The van der Waals surface area contributed by atoms with Gasteiger partial charge in [-0.15, -0.1) is 0 Å². The lowest BCUT2D eigenvalue weighted by atomic mass is 9.87. The van der Waals surface area contributed by atoms with Crippen molar-refractivity contribution in [1.29, 1.82) is 0 Å².